The van der Waals surface area contributed by atoms with Crippen LogP contribution in [0.1, 0.15) is 31.7 Å². The lowest BCUT2D eigenvalue weighted by atomic mass is 10.1. The molecular formula is C15H21FN2O. The van der Waals surface area contributed by atoms with Gasteiger partial charge in [-0.15, -0.1) is 0 Å². The largest absolute Gasteiger partial charge is 0.338 e. The van der Waals surface area contributed by atoms with Crippen molar-refractivity contribution in [3.63, 3.8) is 0 Å². The molecule has 104 valence electrons. The molecule has 1 fully saturated rings. The second-order valence-corrected chi connectivity index (χ2v) is 5.53. The summed E-state index contributed by atoms with van der Waals surface area (Å²) in [6.07, 6.45) is 2.77. The van der Waals surface area contributed by atoms with E-state index in [1.54, 1.807) is 12.1 Å². The number of rotatable bonds is 6. The lowest BCUT2D eigenvalue weighted by Crippen LogP contribution is -2.35. The van der Waals surface area contributed by atoms with Gasteiger partial charge in [0.05, 0.1) is 0 Å². The van der Waals surface area contributed by atoms with Crippen LogP contribution in [0.4, 0.5) is 4.39 Å². The highest BCUT2D eigenvalue weighted by atomic mass is 19.1. The topological polar surface area (TPSA) is 46.3 Å². The number of amides is 1. The van der Waals surface area contributed by atoms with E-state index in [1.807, 2.05) is 11.8 Å². The fraction of sp³-hybridized carbons (Fsp3) is 0.533. The van der Waals surface area contributed by atoms with E-state index < -0.39 is 0 Å². The highest BCUT2D eigenvalue weighted by molar-refractivity contribution is 5.76. The number of halogens is 1. The second-order valence-electron chi connectivity index (χ2n) is 5.53. The molecule has 1 saturated carbocycles. The summed E-state index contributed by atoms with van der Waals surface area (Å²) in [6.45, 7) is 3.18. The maximum atomic E-state index is 12.9. The molecule has 0 aromatic heterocycles. The summed E-state index contributed by atoms with van der Waals surface area (Å²) in [5.41, 5.74) is 6.65. The van der Waals surface area contributed by atoms with Gasteiger partial charge in [-0.1, -0.05) is 12.1 Å². The molecule has 3 nitrogen and oxygen atoms in total. The van der Waals surface area contributed by atoms with Gasteiger partial charge in [0.25, 0.3) is 0 Å². The van der Waals surface area contributed by atoms with Gasteiger partial charge < -0.3 is 10.6 Å². The first-order valence-electron chi connectivity index (χ1n) is 6.82. The van der Waals surface area contributed by atoms with Crippen molar-refractivity contribution in [1.82, 2.24) is 4.90 Å². The van der Waals surface area contributed by atoms with E-state index in [2.05, 4.69) is 0 Å². The highest BCUT2D eigenvalue weighted by Gasteiger charge is 2.27. The van der Waals surface area contributed by atoms with Crippen molar-refractivity contribution in [1.29, 1.82) is 0 Å². The van der Waals surface area contributed by atoms with Gasteiger partial charge >= 0.3 is 0 Å². The molecular weight excluding hydrogens is 243 g/mol. The third-order valence-corrected chi connectivity index (χ3v) is 3.31. The van der Waals surface area contributed by atoms with Crippen LogP contribution in [0.15, 0.2) is 24.3 Å². The highest BCUT2D eigenvalue weighted by Crippen LogP contribution is 2.30. The van der Waals surface area contributed by atoms with E-state index in [9.17, 15) is 9.18 Å². The zero-order valence-electron chi connectivity index (χ0n) is 11.3. The molecule has 1 aliphatic carbocycles. The predicted molar refractivity (Wildman–Crippen MR) is 72.8 cm³/mol. The average molecular weight is 264 g/mol. The molecule has 1 aromatic rings. The Labute approximate surface area is 113 Å². The summed E-state index contributed by atoms with van der Waals surface area (Å²) in [5.74, 6) is 0.475. The van der Waals surface area contributed by atoms with Crippen LogP contribution in [-0.4, -0.2) is 23.4 Å². The summed E-state index contributed by atoms with van der Waals surface area (Å²) >= 11 is 0. The molecule has 1 unspecified atom stereocenters. The Kier molecular flexibility index (Phi) is 4.53. The van der Waals surface area contributed by atoms with Crippen molar-refractivity contribution in [3.05, 3.63) is 35.6 Å². The lowest BCUT2D eigenvalue weighted by molar-refractivity contribution is -0.132. The van der Waals surface area contributed by atoms with Crippen molar-refractivity contribution >= 4 is 5.91 Å². The molecule has 1 atom stereocenters. The van der Waals surface area contributed by atoms with E-state index in [0.29, 0.717) is 18.9 Å². The molecule has 0 bridgehead atoms. The molecule has 19 heavy (non-hydrogen) atoms. The Morgan fingerprint density at radius 3 is 2.58 bits per heavy atom. The third kappa shape index (κ3) is 4.63. The maximum Gasteiger partial charge on any atom is 0.224 e. The lowest BCUT2D eigenvalue weighted by Gasteiger charge is -2.23. The Hall–Kier alpha value is -1.42. The van der Waals surface area contributed by atoms with Crippen LogP contribution in [-0.2, 0) is 11.3 Å². The molecule has 1 aromatic carbocycles. The van der Waals surface area contributed by atoms with Gasteiger partial charge in [0.1, 0.15) is 5.82 Å². The van der Waals surface area contributed by atoms with Crippen molar-refractivity contribution in [2.24, 2.45) is 11.7 Å². The molecule has 2 N–H and O–H groups in total. The number of hydrogen-bond donors (Lipinski definition) is 1. The minimum atomic E-state index is -0.251. The maximum absolute atomic E-state index is 12.9. The monoisotopic (exact) mass is 264 g/mol. The molecule has 0 spiro atoms. The van der Waals surface area contributed by atoms with Crippen molar-refractivity contribution in [2.45, 2.75) is 38.8 Å². The summed E-state index contributed by atoms with van der Waals surface area (Å²) in [7, 11) is 0. The predicted octanol–water partition coefficient (Wildman–Crippen LogP) is 2.30. The van der Waals surface area contributed by atoms with E-state index in [1.165, 1.54) is 25.0 Å². The molecule has 0 heterocycles. The number of benzene rings is 1. The molecule has 4 heteroatoms. The Bertz CT molecular complexity index is 426. The van der Waals surface area contributed by atoms with E-state index in [-0.39, 0.29) is 17.8 Å². The Morgan fingerprint density at radius 1 is 1.42 bits per heavy atom. The molecule has 1 amide bonds. The number of nitrogens with two attached hydrogens (primary N) is 1. The fourth-order valence-corrected chi connectivity index (χ4v) is 2.08. The number of carbonyl (C=O) groups is 1. The zero-order chi connectivity index (χ0) is 13.8. The zero-order valence-corrected chi connectivity index (χ0v) is 11.3. The minimum Gasteiger partial charge on any atom is -0.338 e. The van der Waals surface area contributed by atoms with Crippen molar-refractivity contribution in [2.75, 3.05) is 6.54 Å². The first-order valence-corrected chi connectivity index (χ1v) is 6.82. The van der Waals surface area contributed by atoms with Gasteiger partial charge in [0.15, 0.2) is 0 Å². The molecule has 1 aliphatic rings. The van der Waals surface area contributed by atoms with E-state index >= 15 is 0 Å². The second kappa shape index (κ2) is 6.15. The van der Waals surface area contributed by atoms with Crippen LogP contribution in [0, 0.1) is 11.7 Å². The van der Waals surface area contributed by atoms with Gasteiger partial charge in [-0.05, 0) is 43.4 Å². The summed E-state index contributed by atoms with van der Waals surface area (Å²) in [6, 6.07) is 6.20. The van der Waals surface area contributed by atoms with Gasteiger partial charge in [-0.3, -0.25) is 4.79 Å². The Morgan fingerprint density at radius 2 is 2.05 bits per heavy atom. The minimum absolute atomic E-state index is 0.0891. The molecule has 0 radical (unpaired) electrons. The average Bonchev–Trinajstić information content (AvgIpc) is 3.14. The summed E-state index contributed by atoms with van der Waals surface area (Å²) in [4.78, 5) is 14.0. The van der Waals surface area contributed by atoms with Gasteiger partial charge in [0, 0.05) is 25.6 Å². The van der Waals surface area contributed by atoms with Crippen LogP contribution >= 0.6 is 0 Å². The summed E-state index contributed by atoms with van der Waals surface area (Å²) < 4.78 is 12.9. The van der Waals surface area contributed by atoms with Gasteiger partial charge in [0.2, 0.25) is 5.91 Å². The van der Waals surface area contributed by atoms with E-state index in [0.717, 1.165) is 12.1 Å². The first kappa shape index (κ1) is 14.0. The van der Waals surface area contributed by atoms with Crippen molar-refractivity contribution < 1.29 is 9.18 Å². The van der Waals surface area contributed by atoms with Crippen molar-refractivity contribution in [3.8, 4) is 0 Å². The molecule has 0 aliphatic heterocycles. The standard InChI is InChI=1S/C15H21FN2O/c1-11(17)8-15(19)18(9-12-2-3-12)10-13-4-6-14(16)7-5-13/h4-7,11-12H,2-3,8-10,17H2,1H3. The Balaban J connectivity index is 1.99. The third-order valence-electron chi connectivity index (χ3n) is 3.31. The first-order chi connectivity index (χ1) is 9.04. The van der Waals surface area contributed by atoms with E-state index in [4.69, 9.17) is 5.73 Å². The number of nitrogens with zero attached hydrogens (tertiary/aromatic N) is 1. The number of carbonyl (C=O) groups excluding carboxylic acids is 1. The number of hydrogen-bond acceptors (Lipinski definition) is 2. The molecule has 0 saturated heterocycles. The normalized spacial score (nSPS) is 16.2. The van der Waals surface area contributed by atoms with Crippen LogP contribution in [0.3, 0.4) is 0 Å². The molecule has 2 rings (SSSR count). The SMILES string of the molecule is CC(N)CC(=O)N(Cc1ccc(F)cc1)CC1CC1. The van der Waals surface area contributed by atoms with Gasteiger partial charge in [-0.2, -0.15) is 0 Å². The van der Waals surface area contributed by atoms with Crippen LogP contribution in [0.5, 0.6) is 0 Å². The summed E-state index contributed by atoms with van der Waals surface area (Å²) in [5, 5.41) is 0. The van der Waals surface area contributed by atoms with Crippen LogP contribution in [0.25, 0.3) is 0 Å². The quantitative estimate of drug-likeness (QED) is 0.857. The van der Waals surface area contributed by atoms with Crippen LogP contribution < -0.4 is 5.73 Å². The van der Waals surface area contributed by atoms with Gasteiger partial charge in [-0.25, -0.2) is 4.39 Å². The smallest absolute Gasteiger partial charge is 0.224 e. The van der Waals surface area contributed by atoms with Crippen LogP contribution in [0.2, 0.25) is 0 Å². The fourth-order valence-electron chi connectivity index (χ4n) is 2.08.